The van der Waals surface area contributed by atoms with Crippen LogP contribution in [0.15, 0.2) is 12.5 Å². The number of carboxylic acids is 1. The maximum atomic E-state index is 11.8. The number of hydrogen-bond acceptors (Lipinski definition) is 6. The number of H-pyrrole nitrogens is 1. The average molecular weight is 354 g/mol. The van der Waals surface area contributed by atoms with Gasteiger partial charge < -0.3 is 31.8 Å². The van der Waals surface area contributed by atoms with Crippen molar-refractivity contribution < 1.29 is 24.3 Å². The van der Waals surface area contributed by atoms with E-state index in [0.717, 1.165) is 0 Å². The number of aromatic amines is 1. The molecule has 3 amide bonds. The quantitative estimate of drug-likeness (QED) is 0.283. The highest BCUT2D eigenvalue weighted by Gasteiger charge is 2.21. The number of carbonyl (C=O) groups excluding carboxylic acids is 3. The number of rotatable bonds is 9. The Morgan fingerprint density at radius 3 is 2.44 bits per heavy atom. The fourth-order valence-corrected chi connectivity index (χ4v) is 1.78. The molecule has 0 saturated carbocycles. The highest BCUT2D eigenvalue weighted by molar-refractivity contribution is 5.92. The standard InChI is InChI=1S/C14H22N6O5/c1-7(12(22)20-8(2)14(24)25)19-11(21)5-17-13(23)10(15)3-9-4-16-6-18-9/h4,6-8,10H,3,5,15H2,1-2H3,(H,16,18)(H,17,23)(H,19,21)(H,20,22)(H,24,25). The van der Waals surface area contributed by atoms with E-state index in [1.165, 1.54) is 26.4 Å². The summed E-state index contributed by atoms with van der Waals surface area (Å²) in [5.74, 6) is -2.97. The molecule has 0 aromatic carbocycles. The molecular formula is C14H22N6O5. The molecule has 11 heteroatoms. The molecule has 0 aliphatic carbocycles. The molecule has 11 nitrogen and oxygen atoms in total. The Bertz CT molecular complexity index is 617. The molecule has 0 radical (unpaired) electrons. The molecule has 1 aromatic rings. The Balaban J connectivity index is 2.34. The minimum atomic E-state index is -1.19. The summed E-state index contributed by atoms with van der Waals surface area (Å²) in [5.41, 5.74) is 6.40. The number of imidazole rings is 1. The largest absolute Gasteiger partial charge is 0.480 e. The van der Waals surface area contributed by atoms with Gasteiger partial charge in [-0.05, 0) is 13.8 Å². The van der Waals surface area contributed by atoms with Crippen molar-refractivity contribution in [1.82, 2.24) is 25.9 Å². The lowest BCUT2D eigenvalue weighted by Crippen LogP contribution is -2.52. The third-order valence-electron chi connectivity index (χ3n) is 3.25. The van der Waals surface area contributed by atoms with Crippen LogP contribution in [0.4, 0.5) is 0 Å². The fraction of sp³-hybridized carbons (Fsp3) is 0.500. The normalized spacial score (nSPS) is 14.0. The van der Waals surface area contributed by atoms with E-state index in [1.54, 1.807) is 0 Å². The first kappa shape index (κ1) is 20.1. The molecule has 0 saturated heterocycles. The van der Waals surface area contributed by atoms with Crippen LogP contribution in [0.5, 0.6) is 0 Å². The Labute approximate surface area is 143 Å². The van der Waals surface area contributed by atoms with Gasteiger partial charge in [-0.3, -0.25) is 19.2 Å². The van der Waals surface area contributed by atoms with E-state index in [4.69, 9.17) is 10.8 Å². The molecule has 0 aliphatic rings. The van der Waals surface area contributed by atoms with Crippen molar-refractivity contribution in [3.8, 4) is 0 Å². The van der Waals surface area contributed by atoms with E-state index in [9.17, 15) is 19.2 Å². The Morgan fingerprint density at radius 2 is 1.88 bits per heavy atom. The van der Waals surface area contributed by atoms with Crippen molar-refractivity contribution in [2.75, 3.05) is 6.54 Å². The van der Waals surface area contributed by atoms with Gasteiger partial charge in [-0.1, -0.05) is 0 Å². The van der Waals surface area contributed by atoms with E-state index in [0.29, 0.717) is 5.69 Å². The van der Waals surface area contributed by atoms with Crippen LogP contribution in [0.3, 0.4) is 0 Å². The van der Waals surface area contributed by atoms with Gasteiger partial charge in [-0.2, -0.15) is 0 Å². The van der Waals surface area contributed by atoms with Crippen LogP contribution in [0.2, 0.25) is 0 Å². The van der Waals surface area contributed by atoms with E-state index in [2.05, 4.69) is 25.9 Å². The van der Waals surface area contributed by atoms with Gasteiger partial charge in [0.15, 0.2) is 0 Å². The molecule has 7 N–H and O–H groups in total. The summed E-state index contributed by atoms with van der Waals surface area (Å²) >= 11 is 0. The van der Waals surface area contributed by atoms with Crippen LogP contribution >= 0.6 is 0 Å². The molecule has 0 spiro atoms. The van der Waals surface area contributed by atoms with E-state index < -0.39 is 41.8 Å². The Kier molecular flexibility index (Phi) is 7.53. The van der Waals surface area contributed by atoms with Crippen LogP contribution in [-0.2, 0) is 25.6 Å². The van der Waals surface area contributed by atoms with Crippen molar-refractivity contribution in [2.24, 2.45) is 5.73 Å². The molecule has 1 rings (SSSR count). The molecule has 0 bridgehead atoms. The Hall–Kier alpha value is -2.95. The van der Waals surface area contributed by atoms with Crippen LogP contribution in [0, 0.1) is 0 Å². The summed E-state index contributed by atoms with van der Waals surface area (Å²) in [7, 11) is 0. The molecule has 138 valence electrons. The van der Waals surface area contributed by atoms with Gasteiger partial charge in [0.25, 0.3) is 0 Å². The molecule has 1 heterocycles. The van der Waals surface area contributed by atoms with E-state index in [-0.39, 0.29) is 13.0 Å². The molecule has 0 fully saturated rings. The zero-order valence-corrected chi connectivity index (χ0v) is 13.9. The minimum absolute atomic E-state index is 0.235. The SMILES string of the molecule is CC(NC(=O)C(C)NC(=O)CNC(=O)C(N)Cc1cnc[nH]1)C(=O)O. The summed E-state index contributed by atoms with van der Waals surface area (Å²) < 4.78 is 0. The third kappa shape index (κ3) is 6.99. The second-order valence-corrected chi connectivity index (χ2v) is 5.46. The van der Waals surface area contributed by atoms with Gasteiger partial charge in [-0.25, -0.2) is 4.98 Å². The topological polar surface area (TPSA) is 179 Å². The summed E-state index contributed by atoms with van der Waals surface area (Å²) in [4.78, 5) is 52.6. The van der Waals surface area contributed by atoms with Gasteiger partial charge in [0, 0.05) is 18.3 Å². The lowest BCUT2D eigenvalue weighted by molar-refractivity contribution is -0.141. The van der Waals surface area contributed by atoms with Crippen LogP contribution < -0.4 is 21.7 Å². The predicted molar refractivity (Wildman–Crippen MR) is 86.1 cm³/mol. The summed E-state index contributed by atoms with van der Waals surface area (Å²) in [6, 6.07) is -2.89. The lowest BCUT2D eigenvalue weighted by atomic mass is 10.1. The highest BCUT2D eigenvalue weighted by atomic mass is 16.4. The number of hydrogen-bond donors (Lipinski definition) is 6. The summed E-state index contributed by atoms with van der Waals surface area (Å²) in [6.45, 7) is 2.34. The molecular weight excluding hydrogens is 332 g/mol. The third-order valence-corrected chi connectivity index (χ3v) is 3.25. The fourth-order valence-electron chi connectivity index (χ4n) is 1.78. The van der Waals surface area contributed by atoms with Crippen molar-refractivity contribution in [3.05, 3.63) is 18.2 Å². The Morgan fingerprint density at radius 1 is 1.20 bits per heavy atom. The number of carbonyl (C=O) groups is 4. The first-order valence-corrected chi connectivity index (χ1v) is 7.53. The van der Waals surface area contributed by atoms with Gasteiger partial charge in [0.1, 0.15) is 12.1 Å². The average Bonchev–Trinajstić information content (AvgIpc) is 3.04. The van der Waals surface area contributed by atoms with Crippen LogP contribution in [-0.4, -0.2) is 63.4 Å². The van der Waals surface area contributed by atoms with Gasteiger partial charge in [-0.15, -0.1) is 0 Å². The first-order valence-electron chi connectivity index (χ1n) is 7.53. The molecule has 0 aliphatic heterocycles. The van der Waals surface area contributed by atoms with E-state index >= 15 is 0 Å². The molecule has 3 atom stereocenters. The molecule has 3 unspecified atom stereocenters. The minimum Gasteiger partial charge on any atom is -0.480 e. The smallest absolute Gasteiger partial charge is 0.325 e. The second kappa shape index (κ2) is 9.37. The lowest BCUT2D eigenvalue weighted by Gasteiger charge is -2.17. The van der Waals surface area contributed by atoms with Crippen LogP contribution in [0.1, 0.15) is 19.5 Å². The monoisotopic (exact) mass is 354 g/mol. The summed E-state index contributed by atoms with van der Waals surface area (Å²) in [6.07, 6.45) is 3.24. The van der Waals surface area contributed by atoms with Gasteiger partial charge in [0.05, 0.1) is 18.9 Å². The maximum absolute atomic E-state index is 11.8. The van der Waals surface area contributed by atoms with Crippen molar-refractivity contribution in [2.45, 2.75) is 38.4 Å². The number of carboxylic acid groups (broad SMARTS) is 1. The van der Waals surface area contributed by atoms with E-state index in [1.807, 2.05) is 0 Å². The van der Waals surface area contributed by atoms with Crippen molar-refractivity contribution in [3.63, 3.8) is 0 Å². The van der Waals surface area contributed by atoms with Gasteiger partial charge in [0.2, 0.25) is 17.7 Å². The molecule has 1 aromatic heterocycles. The first-order chi connectivity index (χ1) is 11.7. The van der Waals surface area contributed by atoms with Crippen molar-refractivity contribution >= 4 is 23.7 Å². The zero-order valence-electron chi connectivity index (χ0n) is 13.9. The zero-order chi connectivity index (χ0) is 19.0. The second-order valence-electron chi connectivity index (χ2n) is 5.46. The number of nitrogens with one attached hydrogen (secondary N) is 4. The predicted octanol–water partition coefficient (Wildman–Crippen LogP) is -2.51. The number of aromatic nitrogens is 2. The van der Waals surface area contributed by atoms with Gasteiger partial charge >= 0.3 is 5.97 Å². The number of aliphatic carboxylic acids is 1. The number of nitrogens with two attached hydrogens (primary N) is 1. The highest BCUT2D eigenvalue weighted by Crippen LogP contribution is 1.96. The maximum Gasteiger partial charge on any atom is 0.325 e. The van der Waals surface area contributed by atoms with Crippen molar-refractivity contribution in [1.29, 1.82) is 0 Å². The summed E-state index contributed by atoms with van der Waals surface area (Å²) in [5, 5.41) is 15.6. The van der Waals surface area contributed by atoms with Crippen LogP contribution in [0.25, 0.3) is 0 Å². The number of nitrogens with zero attached hydrogens (tertiary/aromatic N) is 1. The molecule has 25 heavy (non-hydrogen) atoms. The number of amides is 3.